The van der Waals surface area contributed by atoms with Crippen LogP contribution in [-0.4, -0.2) is 12.3 Å². The van der Waals surface area contributed by atoms with Crippen LogP contribution >= 0.6 is 0 Å². The molecule has 0 bridgehead atoms. The Morgan fingerprint density at radius 2 is 2.42 bits per heavy atom. The van der Waals surface area contributed by atoms with Gasteiger partial charge in [0, 0.05) is 18.1 Å². The summed E-state index contributed by atoms with van der Waals surface area (Å²) in [5, 5.41) is 0. The third-order valence-electron chi connectivity index (χ3n) is 2.61. The highest BCUT2D eigenvalue weighted by Gasteiger charge is 2.30. The first kappa shape index (κ1) is 7.71. The van der Waals surface area contributed by atoms with Crippen LogP contribution in [0.15, 0.2) is 29.0 Å². The van der Waals surface area contributed by atoms with Crippen molar-refractivity contribution in [3.05, 3.63) is 24.1 Å². The first-order chi connectivity index (χ1) is 5.81. The second-order valence-corrected chi connectivity index (χ2v) is 3.35. The zero-order valence-corrected chi connectivity index (χ0v) is 7.07. The Hall–Kier alpha value is -0.920. The number of aliphatic imine (C=N–C) groups is 1. The van der Waals surface area contributed by atoms with Crippen LogP contribution in [0.3, 0.4) is 0 Å². The standard InChI is InChI=1S/C10H12FN/c1-2-7-6-12-10-4-3-8(11)5-9(7)10/h3-7,9-10H,2H2,1H3. The van der Waals surface area contributed by atoms with Gasteiger partial charge in [-0.05, 0) is 18.6 Å². The number of fused-ring (bicyclic) bond motifs is 1. The molecule has 64 valence electrons. The van der Waals surface area contributed by atoms with Crippen LogP contribution in [0, 0.1) is 11.8 Å². The van der Waals surface area contributed by atoms with Gasteiger partial charge in [-0.15, -0.1) is 0 Å². The molecular weight excluding hydrogens is 153 g/mol. The summed E-state index contributed by atoms with van der Waals surface area (Å²) in [5.74, 6) is 0.603. The van der Waals surface area contributed by atoms with Gasteiger partial charge in [-0.1, -0.05) is 13.0 Å². The van der Waals surface area contributed by atoms with Gasteiger partial charge in [0.1, 0.15) is 5.83 Å². The minimum atomic E-state index is -0.111. The summed E-state index contributed by atoms with van der Waals surface area (Å²) >= 11 is 0. The smallest absolute Gasteiger partial charge is 0.119 e. The summed E-state index contributed by atoms with van der Waals surface area (Å²) in [7, 11) is 0. The van der Waals surface area contributed by atoms with E-state index >= 15 is 0 Å². The fourth-order valence-corrected chi connectivity index (χ4v) is 1.87. The van der Waals surface area contributed by atoms with Crippen LogP contribution in [0.1, 0.15) is 13.3 Å². The first-order valence-electron chi connectivity index (χ1n) is 4.40. The average Bonchev–Trinajstić information content (AvgIpc) is 2.46. The summed E-state index contributed by atoms with van der Waals surface area (Å²) in [4.78, 5) is 4.32. The predicted molar refractivity (Wildman–Crippen MR) is 47.9 cm³/mol. The van der Waals surface area contributed by atoms with Crippen molar-refractivity contribution in [3.8, 4) is 0 Å². The van der Waals surface area contributed by atoms with Gasteiger partial charge < -0.3 is 0 Å². The molecule has 0 radical (unpaired) electrons. The zero-order chi connectivity index (χ0) is 8.55. The Morgan fingerprint density at radius 1 is 1.58 bits per heavy atom. The van der Waals surface area contributed by atoms with E-state index in [-0.39, 0.29) is 17.8 Å². The number of hydrogen-bond acceptors (Lipinski definition) is 1. The number of rotatable bonds is 1. The molecule has 0 saturated carbocycles. The van der Waals surface area contributed by atoms with Gasteiger partial charge in [-0.2, -0.15) is 0 Å². The lowest BCUT2D eigenvalue weighted by molar-refractivity contribution is 0.471. The van der Waals surface area contributed by atoms with Crippen molar-refractivity contribution in [2.75, 3.05) is 0 Å². The minimum absolute atomic E-state index is 0.111. The van der Waals surface area contributed by atoms with Crippen molar-refractivity contribution in [2.45, 2.75) is 19.4 Å². The second kappa shape index (κ2) is 2.85. The highest BCUT2D eigenvalue weighted by molar-refractivity contribution is 5.66. The number of allylic oxidation sites excluding steroid dienone is 2. The molecule has 1 aliphatic heterocycles. The van der Waals surface area contributed by atoms with E-state index in [1.54, 1.807) is 6.08 Å². The SMILES string of the molecule is CCC1C=NC2C=CC(F)=CC12. The lowest BCUT2D eigenvalue weighted by Crippen LogP contribution is -2.19. The zero-order valence-electron chi connectivity index (χ0n) is 7.07. The van der Waals surface area contributed by atoms with Crippen molar-refractivity contribution in [2.24, 2.45) is 16.8 Å². The van der Waals surface area contributed by atoms with E-state index in [4.69, 9.17) is 0 Å². The van der Waals surface area contributed by atoms with E-state index in [9.17, 15) is 4.39 Å². The molecule has 0 aromatic rings. The Bertz CT molecular complexity index is 265. The topological polar surface area (TPSA) is 12.4 Å². The van der Waals surface area contributed by atoms with Gasteiger partial charge >= 0.3 is 0 Å². The first-order valence-corrected chi connectivity index (χ1v) is 4.40. The highest BCUT2D eigenvalue weighted by Crippen LogP contribution is 2.32. The van der Waals surface area contributed by atoms with Crippen molar-refractivity contribution >= 4 is 6.21 Å². The molecule has 0 aromatic heterocycles. The van der Waals surface area contributed by atoms with E-state index in [0.717, 1.165) is 6.42 Å². The van der Waals surface area contributed by atoms with Crippen molar-refractivity contribution < 1.29 is 4.39 Å². The molecule has 12 heavy (non-hydrogen) atoms. The molecule has 1 aliphatic carbocycles. The normalized spacial score (nSPS) is 38.2. The van der Waals surface area contributed by atoms with E-state index < -0.39 is 0 Å². The molecule has 2 heteroatoms. The monoisotopic (exact) mass is 165 g/mol. The van der Waals surface area contributed by atoms with Crippen LogP contribution in [0.25, 0.3) is 0 Å². The maximum Gasteiger partial charge on any atom is 0.119 e. The average molecular weight is 165 g/mol. The predicted octanol–water partition coefficient (Wildman–Crippen LogP) is 2.51. The third-order valence-corrected chi connectivity index (χ3v) is 2.61. The number of hydrogen-bond donors (Lipinski definition) is 0. The maximum atomic E-state index is 12.9. The Balaban J connectivity index is 2.22. The second-order valence-electron chi connectivity index (χ2n) is 3.35. The van der Waals surface area contributed by atoms with Crippen LogP contribution < -0.4 is 0 Å². The Labute approximate surface area is 71.7 Å². The summed E-state index contributed by atoms with van der Waals surface area (Å²) in [6.07, 6.45) is 8.08. The number of nitrogens with zero attached hydrogens (tertiary/aromatic N) is 1. The van der Waals surface area contributed by atoms with Crippen LogP contribution in [0.2, 0.25) is 0 Å². The highest BCUT2D eigenvalue weighted by atomic mass is 19.1. The molecule has 0 saturated heterocycles. The van der Waals surface area contributed by atoms with E-state index in [2.05, 4.69) is 11.9 Å². The van der Waals surface area contributed by atoms with Gasteiger partial charge in [0.25, 0.3) is 0 Å². The summed E-state index contributed by atoms with van der Waals surface area (Å²) in [6.45, 7) is 2.11. The lowest BCUT2D eigenvalue weighted by Gasteiger charge is -2.19. The van der Waals surface area contributed by atoms with Gasteiger partial charge in [0.15, 0.2) is 0 Å². The molecule has 2 rings (SSSR count). The van der Waals surface area contributed by atoms with Crippen LogP contribution in [0.5, 0.6) is 0 Å². The quantitative estimate of drug-likeness (QED) is 0.566. The molecule has 0 amide bonds. The summed E-state index contributed by atoms with van der Waals surface area (Å²) < 4.78 is 12.9. The van der Waals surface area contributed by atoms with E-state index in [0.29, 0.717) is 5.92 Å². The molecule has 0 fully saturated rings. The molecule has 2 aliphatic rings. The van der Waals surface area contributed by atoms with Crippen molar-refractivity contribution in [1.82, 2.24) is 0 Å². The molecule has 1 nitrogen and oxygen atoms in total. The third kappa shape index (κ3) is 1.11. The van der Waals surface area contributed by atoms with E-state index in [1.807, 2.05) is 12.3 Å². The van der Waals surface area contributed by atoms with Gasteiger partial charge in [0.2, 0.25) is 0 Å². The van der Waals surface area contributed by atoms with Gasteiger partial charge in [0.05, 0.1) is 6.04 Å². The van der Waals surface area contributed by atoms with Gasteiger partial charge in [-0.25, -0.2) is 4.39 Å². The lowest BCUT2D eigenvalue weighted by atomic mass is 9.85. The molecular formula is C10H12FN. The summed E-state index contributed by atoms with van der Waals surface area (Å²) in [5.41, 5.74) is 0. The van der Waals surface area contributed by atoms with Crippen molar-refractivity contribution in [3.63, 3.8) is 0 Å². The molecule has 3 unspecified atom stereocenters. The van der Waals surface area contributed by atoms with Gasteiger partial charge in [-0.3, -0.25) is 4.99 Å². The van der Waals surface area contributed by atoms with Crippen LogP contribution in [-0.2, 0) is 0 Å². The Morgan fingerprint density at radius 3 is 3.17 bits per heavy atom. The van der Waals surface area contributed by atoms with E-state index in [1.165, 1.54) is 6.08 Å². The van der Waals surface area contributed by atoms with Crippen molar-refractivity contribution in [1.29, 1.82) is 0 Å². The molecule has 0 aromatic carbocycles. The number of halogens is 1. The molecule has 3 atom stereocenters. The molecule has 0 spiro atoms. The summed E-state index contributed by atoms with van der Waals surface area (Å²) in [6, 6.07) is 0.203. The minimum Gasteiger partial charge on any atom is -0.289 e. The maximum absolute atomic E-state index is 12.9. The van der Waals surface area contributed by atoms with Crippen LogP contribution in [0.4, 0.5) is 4.39 Å². The fraction of sp³-hybridized carbons (Fsp3) is 0.500. The molecule has 0 N–H and O–H groups in total. The fourth-order valence-electron chi connectivity index (χ4n) is 1.87. The largest absolute Gasteiger partial charge is 0.289 e. The Kier molecular flexibility index (Phi) is 1.83. The molecule has 1 heterocycles.